The van der Waals surface area contributed by atoms with Gasteiger partial charge in [0.25, 0.3) is 0 Å². The summed E-state index contributed by atoms with van der Waals surface area (Å²) in [6, 6.07) is 7.68. The highest BCUT2D eigenvalue weighted by Crippen LogP contribution is 2.26. The summed E-state index contributed by atoms with van der Waals surface area (Å²) in [5.41, 5.74) is 1.04. The Balaban J connectivity index is 2.84. The van der Waals surface area contributed by atoms with Gasteiger partial charge in [-0.2, -0.15) is 11.8 Å². The van der Waals surface area contributed by atoms with Crippen LogP contribution in [0.4, 0.5) is 0 Å². The molecule has 1 unspecified atom stereocenters. The molecule has 0 aliphatic carbocycles. The molecule has 3 heteroatoms. The third-order valence-electron chi connectivity index (χ3n) is 1.93. The van der Waals surface area contributed by atoms with E-state index in [2.05, 4.69) is 0 Å². The van der Waals surface area contributed by atoms with Crippen molar-refractivity contribution >= 4 is 23.4 Å². The van der Waals surface area contributed by atoms with Gasteiger partial charge in [0.15, 0.2) is 0 Å². The lowest BCUT2D eigenvalue weighted by Crippen LogP contribution is -2.07. The smallest absolute Gasteiger partial charge is 0.0508 e. The number of hydrogen-bond donors (Lipinski definition) is 1. The number of benzene rings is 1. The summed E-state index contributed by atoms with van der Waals surface area (Å²) in [6.07, 6.45) is 2.03. The van der Waals surface area contributed by atoms with Crippen molar-refractivity contribution in [3.8, 4) is 0 Å². The normalized spacial score (nSPS) is 12.8. The van der Waals surface area contributed by atoms with Crippen LogP contribution in [0, 0.1) is 0 Å². The maximum Gasteiger partial charge on any atom is 0.0508 e. The van der Waals surface area contributed by atoms with E-state index in [1.165, 1.54) is 0 Å². The molecule has 0 spiro atoms. The molecule has 0 bridgehead atoms. The van der Waals surface area contributed by atoms with Crippen LogP contribution in [0.15, 0.2) is 24.3 Å². The van der Waals surface area contributed by atoms with Crippen LogP contribution in [0.25, 0.3) is 0 Å². The highest BCUT2D eigenvalue weighted by Gasteiger charge is 2.12. The fraction of sp³-hybridized carbons (Fsp3) is 0.400. The minimum Gasteiger partial charge on any atom is -0.396 e. The second-order valence-electron chi connectivity index (χ2n) is 2.86. The Bertz CT molecular complexity index is 265. The van der Waals surface area contributed by atoms with Gasteiger partial charge in [0.05, 0.1) is 6.61 Å². The van der Waals surface area contributed by atoms with E-state index in [1.54, 1.807) is 11.8 Å². The molecule has 0 saturated heterocycles. The summed E-state index contributed by atoms with van der Waals surface area (Å²) in [6.45, 7) is 0.157. The van der Waals surface area contributed by atoms with Crippen LogP contribution in [0.3, 0.4) is 0 Å². The monoisotopic (exact) mass is 216 g/mol. The Morgan fingerprint density at radius 2 is 2.15 bits per heavy atom. The minimum atomic E-state index is 0.156. The van der Waals surface area contributed by atoms with Crippen molar-refractivity contribution in [1.82, 2.24) is 0 Å². The van der Waals surface area contributed by atoms with E-state index in [-0.39, 0.29) is 12.5 Å². The van der Waals surface area contributed by atoms with Gasteiger partial charge in [0.1, 0.15) is 0 Å². The average Bonchev–Trinajstić information content (AvgIpc) is 2.16. The topological polar surface area (TPSA) is 20.2 Å². The summed E-state index contributed by atoms with van der Waals surface area (Å²) in [5.74, 6) is 1.06. The SMILES string of the molecule is CSCC(CO)c1ccccc1Cl. The number of rotatable bonds is 4. The van der Waals surface area contributed by atoms with E-state index in [9.17, 15) is 0 Å². The van der Waals surface area contributed by atoms with Crippen LogP contribution in [-0.2, 0) is 0 Å². The molecule has 1 aromatic rings. The van der Waals surface area contributed by atoms with Crippen molar-refractivity contribution in [2.24, 2.45) is 0 Å². The molecule has 0 aromatic heterocycles. The molecule has 0 aliphatic heterocycles. The highest BCUT2D eigenvalue weighted by atomic mass is 35.5. The number of halogens is 1. The largest absolute Gasteiger partial charge is 0.396 e. The van der Waals surface area contributed by atoms with Gasteiger partial charge in [-0.25, -0.2) is 0 Å². The lowest BCUT2D eigenvalue weighted by molar-refractivity contribution is 0.275. The first-order valence-electron chi connectivity index (χ1n) is 4.13. The fourth-order valence-electron chi connectivity index (χ4n) is 1.25. The van der Waals surface area contributed by atoms with E-state index in [4.69, 9.17) is 16.7 Å². The Labute approximate surface area is 88.1 Å². The number of aliphatic hydroxyl groups is 1. The highest BCUT2D eigenvalue weighted by molar-refractivity contribution is 7.98. The zero-order valence-corrected chi connectivity index (χ0v) is 9.11. The Morgan fingerprint density at radius 3 is 2.69 bits per heavy atom. The predicted molar refractivity (Wildman–Crippen MR) is 59.7 cm³/mol. The third-order valence-corrected chi connectivity index (χ3v) is 3.01. The van der Waals surface area contributed by atoms with E-state index in [0.29, 0.717) is 0 Å². The molecule has 0 amide bonds. The lowest BCUT2D eigenvalue weighted by atomic mass is 10.0. The van der Waals surface area contributed by atoms with Crippen molar-refractivity contribution in [2.75, 3.05) is 18.6 Å². The summed E-state index contributed by atoms with van der Waals surface area (Å²) in [7, 11) is 0. The van der Waals surface area contributed by atoms with E-state index < -0.39 is 0 Å². The summed E-state index contributed by atoms with van der Waals surface area (Å²) in [4.78, 5) is 0. The quantitative estimate of drug-likeness (QED) is 0.836. The molecule has 1 nitrogen and oxygen atoms in total. The van der Waals surface area contributed by atoms with Crippen molar-refractivity contribution in [3.05, 3.63) is 34.9 Å². The molecule has 1 N–H and O–H groups in total. The molecule has 72 valence electrons. The van der Waals surface area contributed by atoms with Crippen LogP contribution in [0.1, 0.15) is 11.5 Å². The number of hydrogen-bond acceptors (Lipinski definition) is 2. The molecule has 0 heterocycles. The van der Waals surface area contributed by atoms with Crippen molar-refractivity contribution in [3.63, 3.8) is 0 Å². The molecule has 1 atom stereocenters. The fourth-order valence-corrected chi connectivity index (χ4v) is 2.23. The second kappa shape index (κ2) is 5.53. The first-order valence-corrected chi connectivity index (χ1v) is 5.91. The summed E-state index contributed by atoms with van der Waals surface area (Å²) < 4.78 is 0. The molecule has 0 fully saturated rings. The zero-order valence-electron chi connectivity index (χ0n) is 7.53. The number of thioether (sulfide) groups is 1. The van der Waals surface area contributed by atoms with Gasteiger partial charge in [-0.3, -0.25) is 0 Å². The van der Waals surface area contributed by atoms with Gasteiger partial charge in [0.2, 0.25) is 0 Å². The Hall–Kier alpha value is -0.180. The van der Waals surface area contributed by atoms with Gasteiger partial charge in [-0.15, -0.1) is 0 Å². The number of aliphatic hydroxyl groups excluding tert-OH is 1. The van der Waals surface area contributed by atoms with Crippen molar-refractivity contribution in [1.29, 1.82) is 0 Å². The Kier molecular flexibility index (Phi) is 4.64. The molecule has 0 saturated carbocycles. The van der Waals surface area contributed by atoms with Crippen LogP contribution in [-0.4, -0.2) is 23.7 Å². The lowest BCUT2D eigenvalue weighted by Gasteiger charge is -2.14. The maximum atomic E-state index is 9.16. The summed E-state index contributed by atoms with van der Waals surface area (Å²) in [5, 5.41) is 9.91. The standard InChI is InChI=1S/C10H13ClOS/c1-13-7-8(6-12)9-4-2-3-5-10(9)11/h2-5,8,12H,6-7H2,1H3. The first-order chi connectivity index (χ1) is 6.29. The maximum absolute atomic E-state index is 9.16. The van der Waals surface area contributed by atoms with Gasteiger partial charge in [-0.1, -0.05) is 29.8 Å². The predicted octanol–water partition coefficient (Wildman–Crippen LogP) is 2.78. The first kappa shape index (κ1) is 10.9. The van der Waals surface area contributed by atoms with Gasteiger partial charge in [-0.05, 0) is 17.9 Å². The molecule has 1 rings (SSSR count). The molecule has 0 aliphatic rings. The average molecular weight is 217 g/mol. The Morgan fingerprint density at radius 1 is 1.46 bits per heavy atom. The zero-order chi connectivity index (χ0) is 9.68. The van der Waals surface area contributed by atoms with Crippen molar-refractivity contribution < 1.29 is 5.11 Å². The third kappa shape index (κ3) is 2.90. The molecule has 13 heavy (non-hydrogen) atoms. The molecule has 1 aromatic carbocycles. The van der Waals surface area contributed by atoms with Crippen LogP contribution in [0.2, 0.25) is 5.02 Å². The summed E-state index contributed by atoms with van der Waals surface area (Å²) >= 11 is 7.73. The van der Waals surface area contributed by atoms with E-state index in [0.717, 1.165) is 16.3 Å². The van der Waals surface area contributed by atoms with E-state index >= 15 is 0 Å². The van der Waals surface area contributed by atoms with Gasteiger partial charge < -0.3 is 5.11 Å². The minimum absolute atomic E-state index is 0.156. The van der Waals surface area contributed by atoms with Crippen molar-refractivity contribution in [2.45, 2.75) is 5.92 Å². The van der Waals surface area contributed by atoms with Crippen LogP contribution < -0.4 is 0 Å². The molecule has 0 radical (unpaired) electrons. The van der Waals surface area contributed by atoms with Crippen LogP contribution in [0.5, 0.6) is 0 Å². The van der Waals surface area contributed by atoms with Gasteiger partial charge in [0, 0.05) is 16.7 Å². The van der Waals surface area contributed by atoms with Crippen LogP contribution >= 0.6 is 23.4 Å². The molecular weight excluding hydrogens is 204 g/mol. The molecular formula is C10H13ClOS. The van der Waals surface area contributed by atoms with E-state index in [1.807, 2.05) is 30.5 Å². The second-order valence-corrected chi connectivity index (χ2v) is 4.17. The van der Waals surface area contributed by atoms with Gasteiger partial charge >= 0.3 is 0 Å².